The number of aromatic hydroxyl groups is 3. The summed E-state index contributed by atoms with van der Waals surface area (Å²) in [6.07, 6.45) is 2.11. The van der Waals surface area contributed by atoms with E-state index in [1.54, 1.807) is 37.5 Å². The van der Waals surface area contributed by atoms with Crippen LogP contribution in [-0.2, 0) is 20.9 Å². The zero-order chi connectivity index (χ0) is 27.1. The number of pyridine rings is 2. The Hall–Kier alpha value is -4.50. The number of phenolic OH excluding ortho intramolecular Hbond substituents is 2. The number of carbonyl (C=O) groups excluding carboxylic acids is 2. The number of hydrogen-bond donors (Lipinski definition) is 3. The number of nitrogens with zero attached hydrogens (tertiary/aromatic N) is 2. The van der Waals surface area contributed by atoms with E-state index in [1.807, 2.05) is 12.1 Å². The van der Waals surface area contributed by atoms with Crippen LogP contribution in [0.3, 0.4) is 0 Å². The maximum atomic E-state index is 12.6. The third kappa shape index (κ3) is 4.20. The average Bonchev–Trinajstić information content (AvgIpc) is 3.34. The molecule has 0 radical (unpaired) electrons. The second-order valence-electron chi connectivity index (χ2n) is 9.29. The van der Waals surface area contributed by atoms with Crippen LogP contribution in [0.2, 0.25) is 0 Å². The summed E-state index contributed by atoms with van der Waals surface area (Å²) in [5.74, 6) is -2.75. The minimum atomic E-state index is -0.927. The molecule has 3 heterocycles. The molecule has 0 fully saturated rings. The number of Topliss-reactive ketones (excluding diaryl/α,β-unsaturated/α-hetero) is 1. The fraction of sp³-hybridized carbons (Fsp3) is 0.241. The van der Waals surface area contributed by atoms with Gasteiger partial charge in [-0.05, 0) is 43.7 Å². The zero-order valence-electron chi connectivity index (χ0n) is 21.1. The molecule has 0 saturated heterocycles. The number of aromatic nitrogens is 2. The van der Waals surface area contributed by atoms with Crippen molar-refractivity contribution in [2.75, 3.05) is 7.11 Å². The standard InChI is InChI=1S/C29H26N2O7/c1-14-26(34)24-18(12-31-14)13-38-29(24)21-10-19(15(2)32)27(35)25(28(21)36)20(11-23(33)37-3)16-6-7-22-17(9-16)5-4-8-30-22/h4-10,12,20,29,34-36H,11,13H2,1-3H3. The lowest BCUT2D eigenvalue weighted by Gasteiger charge is -2.24. The highest BCUT2D eigenvalue weighted by molar-refractivity contribution is 5.98. The van der Waals surface area contributed by atoms with Gasteiger partial charge >= 0.3 is 5.97 Å². The monoisotopic (exact) mass is 514 g/mol. The molecule has 0 aliphatic carbocycles. The molecule has 0 bridgehead atoms. The maximum absolute atomic E-state index is 12.6. The van der Waals surface area contributed by atoms with E-state index in [-0.39, 0.29) is 41.2 Å². The van der Waals surface area contributed by atoms with Crippen LogP contribution < -0.4 is 0 Å². The van der Waals surface area contributed by atoms with Crippen LogP contribution >= 0.6 is 0 Å². The Morgan fingerprint density at radius 3 is 2.63 bits per heavy atom. The molecule has 2 aromatic carbocycles. The molecular formula is C29H26N2O7. The SMILES string of the molecule is COC(=O)CC(c1ccc2ncccc2c1)c1c(O)c(C(C)=O)cc(C2OCc3cnc(C)c(O)c32)c1O. The number of esters is 1. The summed E-state index contributed by atoms with van der Waals surface area (Å²) in [5, 5.41) is 34.5. The summed E-state index contributed by atoms with van der Waals surface area (Å²) in [5.41, 5.74) is 2.91. The van der Waals surface area contributed by atoms with Gasteiger partial charge in [-0.3, -0.25) is 19.6 Å². The number of benzene rings is 2. The molecule has 3 N–H and O–H groups in total. The molecule has 1 aliphatic rings. The minimum absolute atomic E-state index is 0.0105. The zero-order valence-corrected chi connectivity index (χ0v) is 21.1. The normalized spacial score (nSPS) is 15.3. The fourth-order valence-corrected chi connectivity index (χ4v) is 5.01. The summed E-state index contributed by atoms with van der Waals surface area (Å²) in [6, 6.07) is 10.4. The van der Waals surface area contributed by atoms with Crippen LogP contribution in [0, 0.1) is 6.92 Å². The van der Waals surface area contributed by atoms with Gasteiger partial charge < -0.3 is 24.8 Å². The number of rotatable bonds is 6. The second-order valence-corrected chi connectivity index (χ2v) is 9.29. The Kier molecular flexibility index (Phi) is 6.46. The smallest absolute Gasteiger partial charge is 0.306 e. The Morgan fingerprint density at radius 2 is 1.89 bits per heavy atom. The lowest BCUT2D eigenvalue weighted by molar-refractivity contribution is -0.140. The van der Waals surface area contributed by atoms with Crippen molar-refractivity contribution in [3.05, 3.63) is 87.9 Å². The minimum Gasteiger partial charge on any atom is -0.507 e. The van der Waals surface area contributed by atoms with E-state index < -0.39 is 29.5 Å². The molecular weight excluding hydrogens is 488 g/mol. The molecule has 2 atom stereocenters. The van der Waals surface area contributed by atoms with Gasteiger partial charge in [-0.1, -0.05) is 12.1 Å². The van der Waals surface area contributed by atoms with Crippen LogP contribution in [0.5, 0.6) is 17.2 Å². The molecule has 0 spiro atoms. The van der Waals surface area contributed by atoms with Crippen LogP contribution in [0.4, 0.5) is 0 Å². The fourth-order valence-electron chi connectivity index (χ4n) is 5.01. The molecule has 194 valence electrons. The lowest BCUT2D eigenvalue weighted by atomic mass is 9.82. The van der Waals surface area contributed by atoms with E-state index in [4.69, 9.17) is 9.47 Å². The molecule has 4 aromatic rings. The average molecular weight is 515 g/mol. The predicted molar refractivity (Wildman–Crippen MR) is 137 cm³/mol. The van der Waals surface area contributed by atoms with Gasteiger partial charge in [-0.25, -0.2) is 0 Å². The van der Waals surface area contributed by atoms with E-state index in [2.05, 4.69) is 9.97 Å². The molecule has 38 heavy (non-hydrogen) atoms. The van der Waals surface area contributed by atoms with E-state index in [0.29, 0.717) is 22.4 Å². The number of carbonyl (C=O) groups is 2. The topological polar surface area (TPSA) is 139 Å². The van der Waals surface area contributed by atoms with Crippen molar-refractivity contribution in [2.24, 2.45) is 0 Å². The lowest BCUT2D eigenvalue weighted by Crippen LogP contribution is -2.13. The van der Waals surface area contributed by atoms with E-state index in [0.717, 1.165) is 10.9 Å². The van der Waals surface area contributed by atoms with Gasteiger partial charge in [-0.2, -0.15) is 0 Å². The van der Waals surface area contributed by atoms with Crippen LogP contribution in [0.1, 0.15) is 69.2 Å². The predicted octanol–water partition coefficient (Wildman–Crippen LogP) is 4.57. The third-order valence-corrected chi connectivity index (χ3v) is 7.00. The van der Waals surface area contributed by atoms with Crippen LogP contribution in [0.15, 0.2) is 48.8 Å². The van der Waals surface area contributed by atoms with Gasteiger partial charge in [0, 0.05) is 46.0 Å². The summed E-state index contributed by atoms with van der Waals surface area (Å²) in [6.45, 7) is 3.08. The number of phenols is 2. The summed E-state index contributed by atoms with van der Waals surface area (Å²) >= 11 is 0. The van der Waals surface area contributed by atoms with Crippen LogP contribution in [0.25, 0.3) is 10.9 Å². The highest BCUT2D eigenvalue weighted by atomic mass is 16.5. The Bertz CT molecular complexity index is 1600. The number of hydrogen-bond acceptors (Lipinski definition) is 9. The Morgan fingerprint density at radius 1 is 1.11 bits per heavy atom. The van der Waals surface area contributed by atoms with E-state index >= 15 is 0 Å². The summed E-state index contributed by atoms with van der Waals surface area (Å²) in [4.78, 5) is 33.7. The first-order valence-corrected chi connectivity index (χ1v) is 12.0. The molecule has 9 heteroatoms. The Labute approximate surface area is 218 Å². The van der Waals surface area contributed by atoms with Gasteiger partial charge in [0.25, 0.3) is 0 Å². The molecule has 0 saturated carbocycles. The van der Waals surface area contributed by atoms with E-state index in [9.17, 15) is 24.9 Å². The highest BCUT2D eigenvalue weighted by Crippen LogP contribution is 2.50. The number of ketones is 1. The second kappa shape index (κ2) is 9.75. The van der Waals surface area contributed by atoms with E-state index in [1.165, 1.54) is 20.1 Å². The van der Waals surface area contributed by atoms with Crippen molar-refractivity contribution in [2.45, 2.75) is 38.9 Å². The highest BCUT2D eigenvalue weighted by Gasteiger charge is 2.36. The number of aryl methyl sites for hydroxylation is 1. The molecule has 9 nitrogen and oxygen atoms in total. The van der Waals surface area contributed by atoms with Crippen LogP contribution in [-0.4, -0.2) is 44.1 Å². The van der Waals surface area contributed by atoms with Crippen molar-refractivity contribution < 1.29 is 34.4 Å². The van der Waals surface area contributed by atoms with Gasteiger partial charge in [0.05, 0.1) is 36.9 Å². The van der Waals surface area contributed by atoms with Gasteiger partial charge in [0.1, 0.15) is 23.4 Å². The quantitative estimate of drug-likeness (QED) is 0.249. The molecule has 5 rings (SSSR count). The number of methoxy groups -OCH3 is 1. The first-order valence-electron chi connectivity index (χ1n) is 12.0. The van der Waals surface area contributed by atoms with Gasteiger partial charge in [0.2, 0.25) is 0 Å². The summed E-state index contributed by atoms with van der Waals surface area (Å²) in [7, 11) is 1.25. The third-order valence-electron chi connectivity index (χ3n) is 7.00. The Balaban J connectivity index is 1.76. The van der Waals surface area contributed by atoms with Crippen molar-refractivity contribution in [1.82, 2.24) is 9.97 Å². The summed E-state index contributed by atoms with van der Waals surface area (Å²) < 4.78 is 10.9. The molecule has 1 aliphatic heterocycles. The molecule has 2 aromatic heterocycles. The first-order chi connectivity index (χ1) is 18.2. The molecule has 0 amide bonds. The molecule has 2 unspecified atom stereocenters. The van der Waals surface area contributed by atoms with Gasteiger partial charge in [-0.15, -0.1) is 0 Å². The maximum Gasteiger partial charge on any atom is 0.306 e. The first kappa shape index (κ1) is 25.2. The van der Waals surface area contributed by atoms with Crippen molar-refractivity contribution in [1.29, 1.82) is 0 Å². The van der Waals surface area contributed by atoms with Crippen molar-refractivity contribution in [3.8, 4) is 17.2 Å². The largest absolute Gasteiger partial charge is 0.507 e. The van der Waals surface area contributed by atoms with Gasteiger partial charge in [0.15, 0.2) is 5.78 Å². The van der Waals surface area contributed by atoms with Crippen molar-refractivity contribution in [3.63, 3.8) is 0 Å². The number of fused-ring (bicyclic) bond motifs is 2. The van der Waals surface area contributed by atoms with Crippen molar-refractivity contribution >= 4 is 22.7 Å². The number of ether oxygens (including phenoxy) is 2.